The number of nitrogen functional groups attached to an aromatic ring is 1. The molecule has 6 heteroatoms. The largest absolute Gasteiger partial charge is 0.397 e. The molecule has 1 fully saturated rings. The summed E-state index contributed by atoms with van der Waals surface area (Å²) in [6.45, 7) is 0.305. The molecule has 1 saturated heterocycles. The molecule has 0 saturated carbocycles. The molecule has 0 bridgehead atoms. The first-order chi connectivity index (χ1) is 8.06. The molecule has 1 aromatic carbocycles. The molecule has 1 heterocycles. The van der Waals surface area contributed by atoms with E-state index in [0.717, 1.165) is 6.07 Å². The molecule has 0 radical (unpaired) electrons. The number of anilines is 2. The lowest BCUT2D eigenvalue weighted by Crippen LogP contribution is -2.25. The minimum atomic E-state index is -0.477. The van der Waals surface area contributed by atoms with Crippen molar-refractivity contribution in [1.82, 2.24) is 5.32 Å². The second-order valence-electron chi connectivity index (χ2n) is 3.93. The third-order valence-electron chi connectivity index (χ3n) is 2.62. The van der Waals surface area contributed by atoms with Crippen molar-refractivity contribution < 1.29 is 14.0 Å². The Morgan fingerprint density at radius 1 is 1.53 bits per heavy atom. The predicted octanol–water partition coefficient (Wildman–Crippen LogP) is 0.483. The van der Waals surface area contributed by atoms with Crippen molar-refractivity contribution in [3.8, 4) is 0 Å². The molecule has 17 heavy (non-hydrogen) atoms. The number of hydrogen-bond acceptors (Lipinski definition) is 3. The van der Waals surface area contributed by atoms with Crippen molar-refractivity contribution in [2.75, 3.05) is 17.6 Å². The first-order valence-electron chi connectivity index (χ1n) is 5.19. The maximum absolute atomic E-state index is 13.0. The Morgan fingerprint density at radius 3 is 2.94 bits per heavy atom. The molecule has 1 aromatic rings. The monoisotopic (exact) mass is 237 g/mol. The van der Waals surface area contributed by atoms with Crippen LogP contribution in [0.15, 0.2) is 18.2 Å². The Hall–Kier alpha value is -2.11. The Labute approximate surface area is 97.2 Å². The van der Waals surface area contributed by atoms with E-state index in [1.165, 1.54) is 12.1 Å². The second-order valence-corrected chi connectivity index (χ2v) is 3.93. The molecule has 2 amide bonds. The van der Waals surface area contributed by atoms with E-state index in [1.807, 2.05) is 0 Å². The fourth-order valence-corrected chi connectivity index (χ4v) is 1.66. The lowest BCUT2D eigenvalue weighted by atomic mass is 10.1. The first-order valence-corrected chi connectivity index (χ1v) is 5.19. The van der Waals surface area contributed by atoms with Crippen LogP contribution in [0.1, 0.15) is 6.42 Å². The summed E-state index contributed by atoms with van der Waals surface area (Å²) in [4.78, 5) is 22.7. The maximum Gasteiger partial charge on any atom is 0.229 e. The lowest BCUT2D eigenvalue weighted by Gasteiger charge is -2.11. The van der Waals surface area contributed by atoms with Crippen molar-refractivity contribution >= 4 is 23.2 Å². The Bertz CT molecular complexity index is 476. The minimum absolute atomic E-state index is 0.154. The molecule has 1 aliphatic heterocycles. The molecule has 0 aromatic heterocycles. The van der Waals surface area contributed by atoms with Crippen LogP contribution in [-0.2, 0) is 9.59 Å². The van der Waals surface area contributed by atoms with E-state index < -0.39 is 11.7 Å². The highest BCUT2D eigenvalue weighted by Gasteiger charge is 2.28. The van der Waals surface area contributed by atoms with E-state index in [-0.39, 0.29) is 29.6 Å². The Balaban J connectivity index is 2.07. The topological polar surface area (TPSA) is 84.2 Å². The van der Waals surface area contributed by atoms with Gasteiger partial charge in [-0.1, -0.05) is 0 Å². The summed E-state index contributed by atoms with van der Waals surface area (Å²) in [5, 5.41) is 5.07. The van der Waals surface area contributed by atoms with Gasteiger partial charge >= 0.3 is 0 Å². The average Bonchev–Trinajstić information content (AvgIpc) is 2.70. The SMILES string of the molecule is Nc1ccc(F)cc1NC(=O)C1CNC(=O)C1. The number of carbonyl (C=O) groups excluding carboxylic acids is 2. The quantitative estimate of drug-likeness (QED) is 0.654. The summed E-state index contributed by atoms with van der Waals surface area (Å²) < 4.78 is 13.0. The highest BCUT2D eigenvalue weighted by molar-refractivity contribution is 5.98. The standard InChI is InChI=1S/C11H12FN3O2/c12-7-1-2-8(13)9(4-7)15-11(17)6-3-10(16)14-5-6/h1-2,4,6H,3,5,13H2,(H,14,16)(H,15,17). The van der Waals surface area contributed by atoms with Gasteiger partial charge in [0.05, 0.1) is 17.3 Å². The summed E-state index contributed by atoms with van der Waals surface area (Å²) in [5.41, 5.74) is 6.12. The summed E-state index contributed by atoms with van der Waals surface area (Å²) in [6.07, 6.45) is 0.154. The van der Waals surface area contributed by atoms with Crippen LogP contribution in [0.2, 0.25) is 0 Å². The number of carbonyl (C=O) groups is 2. The van der Waals surface area contributed by atoms with Gasteiger partial charge in [0.25, 0.3) is 0 Å². The molecule has 90 valence electrons. The molecule has 1 unspecified atom stereocenters. The number of halogens is 1. The fourth-order valence-electron chi connectivity index (χ4n) is 1.66. The molecule has 1 aliphatic rings. The number of amides is 2. The van der Waals surface area contributed by atoms with E-state index >= 15 is 0 Å². The smallest absolute Gasteiger partial charge is 0.229 e. The second kappa shape index (κ2) is 4.40. The van der Waals surface area contributed by atoms with Crippen LogP contribution in [-0.4, -0.2) is 18.4 Å². The van der Waals surface area contributed by atoms with Gasteiger partial charge in [-0.15, -0.1) is 0 Å². The molecular formula is C11H12FN3O2. The van der Waals surface area contributed by atoms with Crippen LogP contribution in [0.3, 0.4) is 0 Å². The van der Waals surface area contributed by atoms with Gasteiger partial charge in [-0.2, -0.15) is 0 Å². The van der Waals surface area contributed by atoms with Crippen LogP contribution in [0, 0.1) is 11.7 Å². The first kappa shape index (κ1) is 11.4. The highest BCUT2D eigenvalue weighted by atomic mass is 19.1. The summed E-state index contributed by atoms with van der Waals surface area (Å²) in [5.74, 6) is -1.39. The van der Waals surface area contributed by atoms with E-state index in [4.69, 9.17) is 5.73 Å². The summed E-state index contributed by atoms with van der Waals surface area (Å²) in [6, 6.07) is 3.74. The number of rotatable bonds is 2. The molecular weight excluding hydrogens is 225 g/mol. The molecule has 0 aliphatic carbocycles. The van der Waals surface area contributed by atoms with Gasteiger partial charge in [0.1, 0.15) is 5.82 Å². The Morgan fingerprint density at radius 2 is 2.29 bits per heavy atom. The zero-order valence-corrected chi connectivity index (χ0v) is 9.00. The normalized spacial score (nSPS) is 18.9. The van der Waals surface area contributed by atoms with E-state index in [9.17, 15) is 14.0 Å². The van der Waals surface area contributed by atoms with Crippen molar-refractivity contribution in [2.24, 2.45) is 5.92 Å². The zero-order valence-electron chi connectivity index (χ0n) is 9.00. The maximum atomic E-state index is 13.0. The van der Waals surface area contributed by atoms with Crippen LogP contribution in [0.4, 0.5) is 15.8 Å². The number of nitrogens with one attached hydrogen (secondary N) is 2. The van der Waals surface area contributed by atoms with Gasteiger partial charge in [0.15, 0.2) is 0 Å². The van der Waals surface area contributed by atoms with Gasteiger partial charge in [-0.3, -0.25) is 9.59 Å². The zero-order chi connectivity index (χ0) is 12.4. The third kappa shape index (κ3) is 2.52. The van der Waals surface area contributed by atoms with Gasteiger partial charge in [0, 0.05) is 13.0 Å². The van der Waals surface area contributed by atoms with E-state index in [2.05, 4.69) is 10.6 Å². The van der Waals surface area contributed by atoms with Crippen LogP contribution in [0.5, 0.6) is 0 Å². The summed E-state index contributed by atoms with van der Waals surface area (Å²) in [7, 11) is 0. The van der Waals surface area contributed by atoms with Gasteiger partial charge in [-0.25, -0.2) is 4.39 Å². The highest BCUT2D eigenvalue weighted by Crippen LogP contribution is 2.21. The Kier molecular flexibility index (Phi) is 2.95. The molecule has 4 N–H and O–H groups in total. The van der Waals surface area contributed by atoms with E-state index in [1.54, 1.807) is 0 Å². The van der Waals surface area contributed by atoms with Crippen molar-refractivity contribution in [3.05, 3.63) is 24.0 Å². The van der Waals surface area contributed by atoms with Gasteiger partial charge in [-0.05, 0) is 18.2 Å². The lowest BCUT2D eigenvalue weighted by molar-refractivity contribution is -0.123. The molecule has 5 nitrogen and oxygen atoms in total. The van der Waals surface area contributed by atoms with Crippen molar-refractivity contribution in [3.63, 3.8) is 0 Å². The van der Waals surface area contributed by atoms with Crippen LogP contribution in [0.25, 0.3) is 0 Å². The van der Waals surface area contributed by atoms with Crippen molar-refractivity contribution in [2.45, 2.75) is 6.42 Å². The van der Waals surface area contributed by atoms with Crippen LogP contribution < -0.4 is 16.4 Å². The minimum Gasteiger partial charge on any atom is -0.397 e. The van der Waals surface area contributed by atoms with E-state index in [0.29, 0.717) is 6.54 Å². The summed E-state index contributed by atoms with van der Waals surface area (Å²) >= 11 is 0. The predicted molar refractivity (Wildman–Crippen MR) is 60.6 cm³/mol. The molecule has 1 atom stereocenters. The van der Waals surface area contributed by atoms with Gasteiger partial charge < -0.3 is 16.4 Å². The molecule has 2 rings (SSSR count). The number of benzene rings is 1. The average molecular weight is 237 g/mol. The fraction of sp³-hybridized carbons (Fsp3) is 0.273. The van der Waals surface area contributed by atoms with Crippen molar-refractivity contribution in [1.29, 1.82) is 0 Å². The van der Waals surface area contributed by atoms with Gasteiger partial charge in [0.2, 0.25) is 11.8 Å². The molecule has 0 spiro atoms. The number of hydrogen-bond donors (Lipinski definition) is 3. The number of nitrogens with two attached hydrogens (primary N) is 1. The van der Waals surface area contributed by atoms with Crippen LogP contribution >= 0.6 is 0 Å². The third-order valence-corrected chi connectivity index (χ3v) is 2.62.